The number of halogens is 2. The first-order valence-electron chi connectivity index (χ1n) is 8.88. The molecule has 3 aromatic rings. The Hall–Kier alpha value is -3.07. The number of fused-ring (bicyclic) bond motifs is 3. The predicted octanol–water partition coefficient (Wildman–Crippen LogP) is 4.37. The monoisotopic (exact) mass is 414 g/mol. The predicted molar refractivity (Wildman–Crippen MR) is 105 cm³/mol. The highest BCUT2D eigenvalue weighted by Crippen LogP contribution is 2.43. The third-order valence-corrected chi connectivity index (χ3v) is 5.09. The van der Waals surface area contributed by atoms with Crippen LogP contribution in [0.15, 0.2) is 47.6 Å². The van der Waals surface area contributed by atoms with Gasteiger partial charge in [0.1, 0.15) is 0 Å². The van der Waals surface area contributed by atoms with Gasteiger partial charge in [-0.15, -0.1) is 10.2 Å². The molecule has 1 unspecified atom stereocenters. The normalized spacial score (nSPS) is 15.2. The summed E-state index contributed by atoms with van der Waals surface area (Å²) >= 11 is 1.37. The van der Waals surface area contributed by atoms with E-state index in [4.69, 9.17) is 4.74 Å². The first kappa shape index (κ1) is 19.3. The molecule has 0 spiro atoms. The summed E-state index contributed by atoms with van der Waals surface area (Å²) in [6.45, 7) is 3.27. The number of para-hydroxylation sites is 1. The largest absolute Gasteiger partial charge is 0.447 e. The highest BCUT2D eigenvalue weighted by Gasteiger charge is 2.36. The van der Waals surface area contributed by atoms with E-state index in [1.54, 1.807) is 24.3 Å². The summed E-state index contributed by atoms with van der Waals surface area (Å²) in [5.41, 5.74) is 1.21. The van der Waals surface area contributed by atoms with Crippen LogP contribution < -0.4 is 9.64 Å². The Morgan fingerprint density at radius 1 is 1.17 bits per heavy atom. The summed E-state index contributed by atoms with van der Waals surface area (Å²) in [7, 11) is 0. The first-order valence-corrected chi connectivity index (χ1v) is 9.87. The molecule has 0 fully saturated rings. The summed E-state index contributed by atoms with van der Waals surface area (Å²) in [5.74, 6) is -1.71. The molecular weight excluding hydrogens is 398 g/mol. The van der Waals surface area contributed by atoms with Gasteiger partial charge in [0.25, 0.3) is 0 Å². The van der Waals surface area contributed by atoms with Crippen molar-refractivity contribution in [3.8, 4) is 17.1 Å². The Bertz CT molecular complexity index is 1100. The number of carbonyl (C=O) groups is 1. The van der Waals surface area contributed by atoms with Gasteiger partial charge < -0.3 is 4.74 Å². The molecule has 1 amide bonds. The van der Waals surface area contributed by atoms with Gasteiger partial charge in [-0.25, -0.2) is 8.78 Å². The van der Waals surface area contributed by atoms with Crippen molar-refractivity contribution in [3.05, 3.63) is 59.7 Å². The number of amides is 1. The summed E-state index contributed by atoms with van der Waals surface area (Å²) in [5, 5.41) is 8.73. The number of benzene rings is 2. The fourth-order valence-corrected chi connectivity index (χ4v) is 3.66. The Morgan fingerprint density at radius 2 is 1.97 bits per heavy atom. The maximum absolute atomic E-state index is 14.7. The molecule has 0 radical (unpaired) electrons. The van der Waals surface area contributed by atoms with E-state index in [9.17, 15) is 13.6 Å². The van der Waals surface area contributed by atoms with Crippen molar-refractivity contribution in [2.24, 2.45) is 0 Å². The van der Waals surface area contributed by atoms with E-state index in [-0.39, 0.29) is 11.4 Å². The lowest BCUT2D eigenvalue weighted by Gasteiger charge is -2.30. The molecule has 0 saturated heterocycles. The van der Waals surface area contributed by atoms with Crippen LogP contribution in [0.2, 0.25) is 0 Å². The molecule has 1 aromatic heterocycles. The second-order valence-electron chi connectivity index (χ2n) is 6.20. The third kappa shape index (κ3) is 3.42. The Balaban J connectivity index is 1.98. The van der Waals surface area contributed by atoms with E-state index in [2.05, 4.69) is 15.2 Å². The number of thioether (sulfide) groups is 1. The zero-order valence-electron chi connectivity index (χ0n) is 15.6. The third-order valence-electron chi connectivity index (χ3n) is 4.37. The SMILES string of the molecule is CCSc1nnc2c(n1)OC(c1cccc(F)c1F)N(C(C)=O)c1ccccc1-2. The second kappa shape index (κ2) is 7.75. The van der Waals surface area contributed by atoms with Crippen molar-refractivity contribution >= 4 is 23.4 Å². The molecule has 9 heteroatoms. The highest BCUT2D eigenvalue weighted by atomic mass is 32.2. The molecule has 0 aliphatic carbocycles. The lowest BCUT2D eigenvalue weighted by atomic mass is 10.1. The van der Waals surface area contributed by atoms with E-state index in [1.165, 1.54) is 35.7 Å². The Kier molecular flexibility index (Phi) is 5.14. The van der Waals surface area contributed by atoms with Gasteiger partial charge in [-0.05, 0) is 17.9 Å². The van der Waals surface area contributed by atoms with Crippen LogP contribution in [0.3, 0.4) is 0 Å². The second-order valence-corrected chi connectivity index (χ2v) is 7.43. The van der Waals surface area contributed by atoms with E-state index in [1.807, 2.05) is 6.92 Å². The summed E-state index contributed by atoms with van der Waals surface area (Å²) in [6, 6.07) is 10.7. The minimum Gasteiger partial charge on any atom is -0.447 e. The van der Waals surface area contributed by atoms with Gasteiger partial charge >= 0.3 is 0 Å². The van der Waals surface area contributed by atoms with Crippen molar-refractivity contribution in [2.75, 3.05) is 10.7 Å². The molecule has 0 saturated carbocycles. The van der Waals surface area contributed by atoms with E-state index in [0.717, 1.165) is 11.8 Å². The van der Waals surface area contributed by atoms with Gasteiger partial charge in [-0.3, -0.25) is 9.69 Å². The van der Waals surface area contributed by atoms with Crippen LogP contribution in [0.25, 0.3) is 11.3 Å². The number of aromatic nitrogens is 3. The first-order chi connectivity index (χ1) is 14.0. The minimum atomic E-state index is -1.26. The zero-order valence-corrected chi connectivity index (χ0v) is 16.4. The Morgan fingerprint density at radius 3 is 2.72 bits per heavy atom. The topological polar surface area (TPSA) is 68.2 Å². The average Bonchev–Trinajstić information content (AvgIpc) is 2.84. The van der Waals surface area contributed by atoms with Gasteiger partial charge in [-0.2, -0.15) is 4.98 Å². The van der Waals surface area contributed by atoms with Crippen LogP contribution in [0.1, 0.15) is 25.6 Å². The van der Waals surface area contributed by atoms with Crippen LogP contribution in [0, 0.1) is 11.6 Å². The fraction of sp³-hybridized carbons (Fsp3) is 0.200. The number of nitrogens with zero attached hydrogens (tertiary/aromatic N) is 4. The van der Waals surface area contributed by atoms with Crippen LogP contribution in [-0.2, 0) is 4.79 Å². The van der Waals surface area contributed by atoms with Crippen molar-refractivity contribution < 1.29 is 18.3 Å². The van der Waals surface area contributed by atoms with Gasteiger partial charge in [0.05, 0.1) is 11.3 Å². The van der Waals surface area contributed by atoms with Crippen molar-refractivity contribution in [3.63, 3.8) is 0 Å². The average molecular weight is 414 g/mol. The van der Waals surface area contributed by atoms with Gasteiger partial charge in [0.15, 0.2) is 17.3 Å². The molecule has 1 aliphatic rings. The van der Waals surface area contributed by atoms with Crippen LogP contribution in [-0.4, -0.2) is 26.8 Å². The van der Waals surface area contributed by atoms with Crippen LogP contribution in [0.5, 0.6) is 5.88 Å². The Labute approximate surface area is 169 Å². The van der Waals surface area contributed by atoms with Crippen molar-refractivity contribution in [1.82, 2.24) is 15.2 Å². The molecule has 1 atom stereocenters. The standard InChI is InChI=1S/C20H16F2N4O2S/c1-3-29-20-23-18-17(24-25-20)12-7-4-5-10-15(12)26(11(2)27)19(28-18)13-8-6-9-14(21)16(13)22/h4-10,19H,3H2,1-2H3. The molecule has 2 aromatic carbocycles. The van der Waals surface area contributed by atoms with Crippen molar-refractivity contribution in [2.45, 2.75) is 25.2 Å². The summed E-state index contributed by atoms with van der Waals surface area (Å²) in [6.07, 6.45) is -1.26. The number of ether oxygens (including phenoxy) is 1. The van der Waals surface area contributed by atoms with E-state index >= 15 is 0 Å². The van der Waals surface area contributed by atoms with E-state index < -0.39 is 23.8 Å². The molecule has 1 aliphatic heterocycles. The minimum absolute atomic E-state index is 0.0980. The maximum atomic E-state index is 14.7. The number of anilines is 1. The van der Waals surface area contributed by atoms with Crippen LogP contribution >= 0.6 is 11.8 Å². The van der Waals surface area contributed by atoms with Crippen molar-refractivity contribution in [1.29, 1.82) is 0 Å². The molecule has 0 N–H and O–H groups in total. The smallest absolute Gasteiger partial charge is 0.247 e. The number of hydrogen-bond acceptors (Lipinski definition) is 6. The fourth-order valence-electron chi connectivity index (χ4n) is 3.16. The highest BCUT2D eigenvalue weighted by molar-refractivity contribution is 7.99. The maximum Gasteiger partial charge on any atom is 0.247 e. The molecule has 2 heterocycles. The van der Waals surface area contributed by atoms with Crippen LogP contribution in [0.4, 0.5) is 14.5 Å². The zero-order chi connectivity index (χ0) is 20.5. The van der Waals surface area contributed by atoms with Gasteiger partial charge in [0.2, 0.25) is 23.2 Å². The molecular formula is C20H16F2N4O2S. The number of hydrogen-bond donors (Lipinski definition) is 0. The van der Waals surface area contributed by atoms with Gasteiger partial charge in [-0.1, -0.05) is 49.0 Å². The lowest BCUT2D eigenvalue weighted by Crippen LogP contribution is -2.36. The number of rotatable bonds is 3. The summed E-state index contributed by atoms with van der Waals surface area (Å²) < 4.78 is 34.6. The molecule has 148 valence electrons. The molecule has 6 nitrogen and oxygen atoms in total. The summed E-state index contributed by atoms with van der Waals surface area (Å²) in [4.78, 5) is 18.2. The quantitative estimate of drug-likeness (QED) is 0.593. The van der Waals surface area contributed by atoms with E-state index in [0.29, 0.717) is 22.1 Å². The molecule has 29 heavy (non-hydrogen) atoms. The lowest BCUT2D eigenvalue weighted by molar-refractivity contribution is -0.118. The van der Waals surface area contributed by atoms with Gasteiger partial charge in [0, 0.05) is 12.5 Å². The molecule has 0 bridgehead atoms. The number of carbonyl (C=O) groups excluding carboxylic acids is 1. The molecule has 4 rings (SSSR count).